The molecule has 1 amide bonds. The molecule has 0 radical (unpaired) electrons. The van der Waals surface area contributed by atoms with Gasteiger partial charge in [-0.2, -0.15) is 0 Å². The van der Waals surface area contributed by atoms with Crippen molar-refractivity contribution >= 4 is 45.9 Å². The number of carbonyl (C=O) groups is 2. The first-order valence-corrected chi connectivity index (χ1v) is 7.24. The largest absolute Gasteiger partial charge is 0.469 e. The maximum absolute atomic E-state index is 12.4. The molecule has 0 spiro atoms. The van der Waals surface area contributed by atoms with Crippen LogP contribution in [0.15, 0.2) is 22.7 Å². The van der Waals surface area contributed by atoms with E-state index >= 15 is 0 Å². The Hall–Kier alpha value is -1.27. The number of ether oxygens (including phenoxy) is 1. The summed E-state index contributed by atoms with van der Waals surface area (Å²) in [6.45, 7) is 1.10. The molecule has 1 fully saturated rings. The number of halogens is 2. The quantitative estimate of drug-likeness (QED) is 0.635. The first kappa shape index (κ1) is 17.8. The number of hydrogen-bond donors (Lipinski definition) is 1. The van der Waals surface area contributed by atoms with Crippen LogP contribution in [0.2, 0.25) is 0 Å². The van der Waals surface area contributed by atoms with Crippen LogP contribution in [0.5, 0.6) is 0 Å². The Morgan fingerprint density at radius 2 is 1.95 bits per heavy atom. The smallest absolute Gasteiger partial charge is 0.308 e. The molecule has 5 nitrogen and oxygen atoms in total. The summed E-state index contributed by atoms with van der Waals surface area (Å²) in [6.07, 6.45) is 1.27. The fourth-order valence-corrected chi connectivity index (χ4v) is 2.76. The first-order valence-electron chi connectivity index (χ1n) is 6.45. The molecule has 1 aromatic rings. The molecule has 1 aliphatic heterocycles. The number of methoxy groups -OCH3 is 1. The third kappa shape index (κ3) is 4.11. The SMILES string of the molecule is COC(=O)C1CCN(C(=O)c2ccc(Br)cc2N)CC1.Cl. The summed E-state index contributed by atoms with van der Waals surface area (Å²) in [4.78, 5) is 25.6. The molecule has 0 atom stereocenters. The van der Waals surface area contributed by atoms with E-state index in [4.69, 9.17) is 10.5 Å². The number of esters is 1. The fraction of sp³-hybridized carbons (Fsp3) is 0.429. The molecule has 0 saturated carbocycles. The minimum atomic E-state index is -0.194. The minimum Gasteiger partial charge on any atom is -0.469 e. The molecule has 0 aliphatic carbocycles. The van der Waals surface area contributed by atoms with Crippen LogP contribution in [0.25, 0.3) is 0 Å². The van der Waals surface area contributed by atoms with E-state index in [0.29, 0.717) is 37.2 Å². The Kier molecular flexibility index (Phi) is 6.48. The average Bonchev–Trinajstić information content (AvgIpc) is 2.46. The number of benzene rings is 1. The van der Waals surface area contributed by atoms with Gasteiger partial charge in [-0.05, 0) is 31.0 Å². The number of likely N-dealkylation sites (tertiary alicyclic amines) is 1. The number of carbonyl (C=O) groups excluding carboxylic acids is 2. The molecule has 1 saturated heterocycles. The van der Waals surface area contributed by atoms with Gasteiger partial charge in [0.2, 0.25) is 0 Å². The molecule has 0 unspecified atom stereocenters. The van der Waals surface area contributed by atoms with Crippen LogP contribution in [0.1, 0.15) is 23.2 Å². The highest BCUT2D eigenvalue weighted by Crippen LogP contribution is 2.24. The van der Waals surface area contributed by atoms with E-state index in [0.717, 1.165) is 4.47 Å². The monoisotopic (exact) mass is 376 g/mol. The number of rotatable bonds is 2. The Labute approximate surface area is 138 Å². The average molecular weight is 378 g/mol. The van der Waals surface area contributed by atoms with E-state index in [1.165, 1.54) is 7.11 Å². The number of nitrogens with two attached hydrogens (primary N) is 1. The molecule has 0 bridgehead atoms. The van der Waals surface area contributed by atoms with Crippen molar-refractivity contribution in [2.45, 2.75) is 12.8 Å². The third-order valence-electron chi connectivity index (χ3n) is 3.56. The summed E-state index contributed by atoms with van der Waals surface area (Å²) in [5.74, 6) is -0.384. The third-order valence-corrected chi connectivity index (χ3v) is 4.05. The summed E-state index contributed by atoms with van der Waals surface area (Å²) in [6, 6.07) is 5.23. The second-order valence-corrected chi connectivity index (χ2v) is 5.74. The van der Waals surface area contributed by atoms with E-state index in [1.54, 1.807) is 23.1 Å². The van der Waals surface area contributed by atoms with E-state index in [-0.39, 0.29) is 30.2 Å². The van der Waals surface area contributed by atoms with Gasteiger partial charge >= 0.3 is 5.97 Å². The highest BCUT2D eigenvalue weighted by Gasteiger charge is 2.28. The lowest BCUT2D eigenvalue weighted by molar-refractivity contribution is -0.146. The molecule has 1 aliphatic rings. The number of hydrogen-bond acceptors (Lipinski definition) is 4. The van der Waals surface area contributed by atoms with Crippen molar-refractivity contribution < 1.29 is 14.3 Å². The van der Waals surface area contributed by atoms with Crippen LogP contribution in [-0.2, 0) is 9.53 Å². The lowest BCUT2D eigenvalue weighted by atomic mass is 9.96. The zero-order valence-electron chi connectivity index (χ0n) is 11.7. The van der Waals surface area contributed by atoms with Crippen molar-refractivity contribution in [1.29, 1.82) is 0 Å². The van der Waals surface area contributed by atoms with E-state index in [9.17, 15) is 9.59 Å². The van der Waals surface area contributed by atoms with Gasteiger partial charge in [-0.1, -0.05) is 15.9 Å². The van der Waals surface area contributed by atoms with Gasteiger partial charge in [-0.25, -0.2) is 0 Å². The van der Waals surface area contributed by atoms with Gasteiger partial charge in [0.05, 0.1) is 18.6 Å². The summed E-state index contributed by atoms with van der Waals surface area (Å²) in [5, 5.41) is 0. The summed E-state index contributed by atoms with van der Waals surface area (Å²) in [7, 11) is 1.39. The fourth-order valence-electron chi connectivity index (χ4n) is 2.38. The number of anilines is 1. The normalized spacial score (nSPS) is 15.2. The van der Waals surface area contributed by atoms with Crippen LogP contribution < -0.4 is 5.73 Å². The second kappa shape index (κ2) is 7.66. The Balaban J connectivity index is 0.00000220. The van der Waals surface area contributed by atoms with Crippen LogP contribution in [-0.4, -0.2) is 37.0 Å². The van der Waals surface area contributed by atoms with E-state index < -0.39 is 0 Å². The Morgan fingerprint density at radius 1 is 1.33 bits per heavy atom. The number of nitrogens with zero attached hydrogens (tertiary/aromatic N) is 1. The minimum absolute atomic E-state index is 0. The summed E-state index contributed by atoms with van der Waals surface area (Å²) < 4.78 is 5.58. The Bertz CT molecular complexity index is 531. The number of nitrogen functional groups attached to an aromatic ring is 1. The molecule has 2 N–H and O–H groups in total. The van der Waals surface area contributed by atoms with Crippen molar-refractivity contribution in [2.24, 2.45) is 5.92 Å². The molecule has 2 rings (SSSR count). The number of amides is 1. The topological polar surface area (TPSA) is 72.6 Å². The molecular formula is C14H18BrClN2O3. The van der Waals surface area contributed by atoms with Crippen LogP contribution in [0.4, 0.5) is 5.69 Å². The van der Waals surface area contributed by atoms with Gasteiger partial charge in [-0.3, -0.25) is 9.59 Å². The van der Waals surface area contributed by atoms with Crippen LogP contribution in [0, 0.1) is 5.92 Å². The van der Waals surface area contributed by atoms with Crippen LogP contribution >= 0.6 is 28.3 Å². The molecule has 7 heteroatoms. The molecule has 0 aromatic heterocycles. The zero-order valence-corrected chi connectivity index (χ0v) is 14.1. The van der Waals surface area contributed by atoms with Crippen molar-refractivity contribution in [3.05, 3.63) is 28.2 Å². The van der Waals surface area contributed by atoms with Gasteiger partial charge in [-0.15, -0.1) is 12.4 Å². The standard InChI is InChI=1S/C14H17BrN2O3.ClH/c1-20-14(19)9-4-6-17(7-5-9)13(18)11-3-2-10(15)8-12(11)16;/h2-3,8-9H,4-7,16H2,1H3;1H. The lowest BCUT2D eigenvalue weighted by Gasteiger charge is -2.31. The summed E-state index contributed by atoms with van der Waals surface area (Å²) in [5.41, 5.74) is 6.84. The second-order valence-electron chi connectivity index (χ2n) is 4.82. The maximum Gasteiger partial charge on any atom is 0.308 e. The van der Waals surface area contributed by atoms with Crippen molar-refractivity contribution in [1.82, 2.24) is 4.90 Å². The predicted molar refractivity (Wildman–Crippen MR) is 86.4 cm³/mol. The van der Waals surface area contributed by atoms with Gasteiger partial charge < -0.3 is 15.4 Å². The van der Waals surface area contributed by atoms with E-state index in [1.807, 2.05) is 0 Å². The van der Waals surface area contributed by atoms with Gasteiger partial charge in [0.15, 0.2) is 0 Å². The van der Waals surface area contributed by atoms with Gasteiger partial charge in [0, 0.05) is 23.2 Å². The lowest BCUT2D eigenvalue weighted by Crippen LogP contribution is -2.40. The van der Waals surface area contributed by atoms with Gasteiger partial charge in [0.25, 0.3) is 5.91 Å². The zero-order chi connectivity index (χ0) is 14.7. The highest BCUT2D eigenvalue weighted by atomic mass is 79.9. The van der Waals surface area contributed by atoms with Crippen molar-refractivity contribution in [3.63, 3.8) is 0 Å². The number of piperidine rings is 1. The first-order chi connectivity index (χ1) is 9.52. The highest BCUT2D eigenvalue weighted by molar-refractivity contribution is 9.10. The van der Waals surface area contributed by atoms with Crippen LogP contribution in [0.3, 0.4) is 0 Å². The molecule has 1 aromatic carbocycles. The van der Waals surface area contributed by atoms with E-state index in [2.05, 4.69) is 15.9 Å². The molecule has 116 valence electrons. The van der Waals surface area contributed by atoms with Crippen molar-refractivity contribution in [2.75, 3.05) is 25.9 Å². The molecule has 1 heterocycles. The Morgan fingerprint density at radius 3 is 2.48 bits per heavy atom. The summed E-state index contributed by atoms with van der Waals surface area (Å²) >= 11 is 3.32. The molecular weight excluding hydrogens is 360 g/mol. The van der Waals surface area contributed by atoms with Gasteiger partial charge in [0.1, 0.15) is 0 Å². The predicted octanol–water partition coefficient (Wildman–Crippen LogP) is 2.48. The molecule has 21 heavy (non-hydrogen) atoms. The maximum atomic E-state index is 12.4. The van der Waals surface area contributed by atoms with Crippen molar-refractivity contribution in [3.8, 4) is 0 Å².